The van der Waals surface area contributed by atoms with Crippen LogP contribution < -0.4 is 4.90 Å². The number of amides is 1. The second kappa shape index (κ2) is 8.65. The van der Waals surface area contributed by atoms with Gasteiger partial charge in [0, 0.05) is 32.4 Å². The average molecular weight is 392 g/mol. The molecule has 2 aromatic carbocycles. The first kappa shape index (κ1) is 20.2. The largest absolute Gasteiger partial charge is 0.416 e. The molecule has 1 heterocycles. The summed E-state index contributed by atoms with van der Waals surface area (Å²) in [5, 5.41) is 0. The van der Waals surface area contributed by atoms with Crippen molar-refractivity contribution in [2.75, 3.05) is 38.3 Å². The lowest BCUT2D eigenvalue weighted by molar-refractivity contribution is -0.138. The highest BCUT2D eigenvalue weighted by atomic mass is 19.4. The van der Waals surface area contributed by atoms with Gasteiger partial charge in [0.1, 0.15) is 0 Å². The topological polar surface area (TPSA) is 32.8 Å². The number of halogens is 3. The highest BCUT2D eigenvalue weighted by Crippen LogP contribution is 2.29. The fraction of sp³-hybridized carbons (Fsp3) is 0.381. The van der Waals surface area contributed by atoms with Gasteiger partial charge in [-0.1, -0.05) is 36.4 Å². The third kappa shape index (κ3) is 5.04. The highest BCUT2D eigenvalue weighted by Gasteiger charge is 2.30. The van der Waals surface area contributed by atoms with Crippen LogP contribution in [-0.2, 0) is 28.7 Å². The predicted molar refractivity (Wildman–Crippen MR) is 101 cm³/mol. The van der Waals surface area contributed by atoms with Gasteiger partial charge in [0.05, 0.1) is 25.2 Å². The van der Waals surface area contributed by atoms with Crippen molar-refractivity contribution >= 4 is 11.6 Å². The molecule has 0 saturated carbocycles. The van der Waals surface area contributed by atoms with Crippen molar-refractivity contribution in [3.63, 3.8) is 0 Å². The van der Waals surface area contributed by atoms with E-state index in [2.05, 4.69) is 4.90 Å². The molecule has 1 amide bonds. The molecule has 0 atom stereocenters. The molecule has 1 aliphatic rings. The summed E-state index contributed by atoms with van der Waals surface area (Å²) in [5.74, 6) is -0.226. The summed E-state index contributed by atoms with van der Waals surface area (Å²) < 4.78 is 44.0. The summed E-state index contributed by atoms with van der Waals surface area (Å²) in [5.41, 5.74) is 1.68. The minimum Gasteiger partial charge on any atom is -0.378 e. The van der Waals surface area contributed by atoms with E-state index in [0.717, 1.165) is 36.5 Å². The van der Waals surface area contributed by atoms with Crippen LogP contribution in [-0.4, -0.2) is 44.2 Å². The molecular formula is C21H23F3N2O2. The van der Waals surface area contributed by atoms with Crippen LogP contribution >= 0.6 is 0 Å². The van der Waals surface area contributed by atoms with E-state index in [1.165, 1.54) is 6.07 Å². The van der Waals surface area contributed by atoms with Gasteiger partial charge >= 0.3 is 6.18 Å². The van der Waals surface area contributed by atoms with Crippen molar-refractivity contribution in [2.45, 2.75) is 19.1 Å². The lowest BCUT2D eigenvalue weighted by atomic mass is 10.1. The Balaban J connectivity index is 1.68. The van der Waals surface area contributed by atoms with Crippen molar-refractivity contribution < 1.29 is 22.7 Å². The molecule has 1 aliphatic heterocycles. The number of carbonyl (C=O) groups is 1. The summed E-state index contributed by atoms with van der Waals surface area (Å²) in [6.45, 7) is 3.31. The van der Waals surface area contributed by atoms with Crippen LogP contribution in [0.15, 0.2) is 48.5 Å². The molecule has 0 N–H and O–H groups in total. The lowest BCUT2D eigenvalue weighted by Crippen LogP contribution is -2.37. The number of anilines is 1. The van der Waals surface area contributed by atoms with Crippen molar-refractivity contribution in [3.05, 3.63) is 65.2 Å². The van der Waals surface area contributed by atoms with Gasteiger partial charge in [-0.15, -0.1) is 0 Å². The molecule has 0 aromatic heterocycles. The molecule has 2 aromatic rings. The molecule has 3 rings (SSSR count). The van der Waals surface area contributed by atoms with E-state index in [0.29, 0.717) is 25.3 Å². The summed E-state index contributed by atoms with van der Waals surface area (Å²) in [6.07, 6.45) is -4.48. The van der Waals surface area contributed by atoms with Crippen LogP contribution in [0.1, 0.15) is 16.7 Å². The van der Waals surface area contributed by atoms with Gasteiger partial charge in [0.25, 0.3) is 0 Å². The number of alkyl halides is 3. The lowest BCUT2D eigenvalue weighted by Gasteiger charge is -2.31. The first-order valence-corrected chi connectivity index (χ1v) is 9.15. The first-order chi connectivity index (χ1) is 13.3. The number of morpholine rings is 1. The molecule has 1 saturated heterocycles. The Morgan fingerprint density at radius 3 is 2.54 bits per heavy atom. The summed E-state index contributed by atoms with van der Waals surface area (Å²) in [6, 6.07) is 12.8. The first-order valence-electron chi connectivity index (χ1n) is 9.15. The molecule has 7 heteroatoms. The highest BCUT2D eigenvalue weighted by molar-refractivity contribution is 5.78. The zero-order chi connectivity index (χ0) is 20.1. The Hall–Kier alpha value is -2.54. The Kier molecular flexibility index (Phi) is 6.24. The van der Waals surface area contributed by atoms with Crippen molar-refractivity contribution in [2.24, 2.45) is 0 Å². The zero-order valence-corrected chi connectivity index (χ0v) is 15.7. The van der Waals surface area contributed by atoms with Gasteiger partial charge < -0.3 is 14.5 Å². The van der Waals surface area contributed by atoms with Gasteiger partial charge in [-0.2, -0.15) is 13.2 Å². The maximum absolute atomic E-state index is 12.9. The van der Waals surface area contributed by atoms with Crippen LogP contribution in [0.25, 0.3) is 0 Å². The Morgan fingerprint density at radius 2 is 1.82 bits per heavy atom. The number of ether oxygens (including phenoxy) is 1. The average Bonchev–Trinajstić information content (AvgIpc) is 2.68. The minimum atomic E-state index is -4.41. The SMILES string of the molecule is CN(Cc1ccccc1N1CCOCC1)C(=O)Cc1cccc(C(F)(F)F)c1. The predicted octanol–water partition coefficient (Wildman–Crippen LogP) is 3.74. The molecule has 4 nitrogen and oxygen atoms in total. The van der Waals surface area contributed by atoms with Crippen LogP contribution in [0.2, 0.25) is 0 Å². The van der Waals surface area contributed by atoms with Gasteiger partial charge in [-0.25, -0.2) is 0 Å². The number of hydrogen-bond acceptors (Lipinski definition) is 3. The van der Waals surface area contributed by atoms with Gasteiger partial charge in [-0.3, -0.25) is 4.79 Å². The molecule has 0 radical (unpaired) electrons. The van der Waals surface area contributed by atoms with Gasteiger partial charge in [0.15, 0.2) is 0 Å². The second-order valence-electron chi connectivity index (χ2n) is 6.85. The van der Waals surface area contributed by atoms with E-state index >= 15 is 0 Å². The zero-order valence-electron chi connectivity index (χ0n) is 15.7. The van der Waals surface area contributed by atoms with E-state index in [4.69, 9.17) is 4.74 Å². The monoisotopic (exact) mass is 392 g/mol. The van der Waals surface area contributed by atoms with Crippen LogP contribution in [0.4, 0.5) is 18.9 Å². The number of para-hydroxylation sites is 1. The number of benzene rings is 2. The van der Waals surface area contributed by atoms with E-state index < -0.39 is 11.7 Å². The molecular weight excluding hydrogens is 369 g/mol. The second-order valence-corrected chi connectivity index (χ2v) is 6.85. The van der Waals surface area contributed by atoms with Crippen molar-refractivity contribution in [1.29, 1.82) is 0 Å². The molecule has 1 fully saturated rings. The fourth-order valence-electron chi connectivity index (χ4n) is 3.27. The molecule has 0 bridgehead atoms. The number of nitrogens with zero attached hydrogens (tertiary/aromatic N) is 2. The number of carbonyl (C=O) groups excluding carboxylic acids is 1. The van der Waals surface area contributed by atoms with E-state index in [-0.39, 0.29) is 12.3 Å². The number of rotatable bonds is 5. The molecule has 0 aliphatic carbocycles. The maximum atomic E-state index is 12.9. The standard InChI is InChI=1S/C21H23F3N2O2/c1-25(20(27)14-16-5-4-7-18(13-16)21(22,23)24)15-17-6-2-3-8-19(17)26-9-11-28-12-10-26/h2-8,13H,9-12,14-15H2,1H3. The van der Waals surface area contributed by atoms with Gasteiger partial charge in [0.2, 0.25) is 5.91 Å². The fourth-order valence-corrected chi connectivity index (χ4v) is 3.27. The van der Waals surface area contributed by atoms with E-state index in [1.54, 1.807) is 18.0 Å². The molecule has 150 valence electrons. The van der Waals surface area contributed by atoms with E-state index in [9.17, 15) is 18.0 Å². The van der Waals surface area contributed by atoms with Crippen LogP contribution in [0.5, 0.6) is 0 Å². The maximum Gasteiger partial charge on any atom is 0.416 e. The molecule has 28 heavy (non-hydrogen) atoms. The van der Waals surface area contributed by atoms with Crippen LogP contribution in [0.3, 0.4) is 0 Å². The minimum absolute atomic E-state index is 0.0693. The third-order valence-corrected chi connectivity index (χ3v) is 4.79. The molecule has 0 spiro atoms. The molecule has 0 unspecified atom stereocenters. The normalized spacial score (nSPS) is 14.8. The Morgan fingerprint density at radius 1 is 1.11 bits per heavy atom. The van der Waals surface area contributed by atoms with Crippen molar-refractivity contribution in [3.8, 4) is 0 Å². The van der Waals surface area contributed by atoms with Crippen LogP contribution in [0, 0.1) is 0 Å². The summed E-state index contributed by atoms with van der Waals surface area (Å²) >= 11 is 0. The van der Waals surface area contributed by atoms with E-state index in [1.807, 2.05) is 24.3 Å². The third-order valence-electron chi connectivity index (χ3n) is 4.79. The Bertz CT molecular complexity index is 817. The van der Waals surface area contributed by atoms with Crippen molar-refractivity contribution in [1.82, 2.24) is 4.90 Å². The Labute approximate surface area is 162 Å². The van der Waals surface area contributed by atoms with Gasteiger partial charge in [-0.05, 0) is 23.3 Å². The smallest absolute Gasteiger partial charge is 0.378 e. The summed E-state index contributed by atoms with van der Waals surface area (Å²) in [4.78, 5) is 16.4. The number of hydrogen-bond donors (Lipinski definition) is 0. The quantitative estimate of drug-likeness (QED) is 0.777. The number of likely N-dealkylation sites (N-methyl/N-ethyl adjacent to an activating group) is 1. The summed E-state index contributed by atoms with van der Waals surface area (Å²) in [7, 11) is 1.67.